The van der Waals surface area contributed by atoms with Crippen LogP contribution in [0.25, 0.3) is 16.7 Å². The number of esters is 1. The summed E-state index contributed by atoms with van der Waals surface area (Å²) in [7, 11) is 1.35. The first-order valence-corrected chi connectivity index (χ1v) is 8.43. The molecule has 27 heavy (non-hydrogen) atoms. The van der Waals surface area contributed by atoms with Crippen molar-refractivity contribution in [2.24, 2.45) is 0 Å². The van der Waals surface area contributed by atoms with Crippen LogP contribution in [0.3, 0.4) is 0 Å². The number of benzene rings is 2. The van der Waals surface area contributed by atoms with Gasteiger partial charge >= 0.3 is 5.97 Å². The van der Waals surface area contributed by atoms with Crippen molar-refractivity contribution in [3.63, 3.8) is 0 Å². The second-order valence-electron chi connectivity index (χ2n) is 5.69. The number of methoxy groups -OCH3 is 1. The Morgan fingerprint density at radius 3 is 2.52 bits per heavy atom. The molecule has 0 amide bonds. The molecule has 0 spiro atoms. The normalized spacial score (nSPS) is 10.7. The van der Waals surface area contributed by atoms with Gasteiger partial charge < -0.3 is 10.1 Å². The van der Waals surface area contributed by atoms with Crippen LogP contribution in [0.2, 0.25) is 5.02 Å². The Morgan fingerprint density at radius 1 is 1.07 bits per heavy atom. The fraction of sp³-hybridized carbons (Fsp3) is 0.0526. The number of halogens is 1. The van der Waals surface area contributed by atoms with Gasteiger partial charge in [0.2, 0.25) is 0 Å². The van der Waals surface area contributed by atoms with Crippen LogP contribution in [0.15, 0.2) is 61.1 Å². The van der Waals surface area contributed by atoms with Gasteiger partial charge in [-0.2, -0.15) is 5.10 Å². The van der Waals surface area contributed by atoms with Crippen LogP contribution in [-0.4, -0.2) is 32.8 Å². The summed E-state index contributed by atoms with van der Waals surface area (Å²) in [5.74, 6) is 0.237. The topological polar surface area (TPSA) is 81.9 Å². The van der Waals surface area contributed by atoms with Gasteiger partial charge in [0.05, 0.1) is 29.9 Å². The Balaban J connectivity index is 1.67. The van der Waals surface area contributed by atoms with Crippen molar-refractivity contribution in [3.8, 4) is 5.69 Å². The van der Waals surface area contributed by atoms with E-state index in [0.29, 0.717) is 22.1 Å². The molecule has 134 valence electrons. The molecule has 0 aliphatic heterocycles. The summed E-state index contributed by atoms with van der Waals surface area (Å²) in [5, 5.41) is 9.07. The largest absolute Gasteiger partial charge is 0.465 e. The number of ether oxygens (including phenoxy) is 1. The highest BCUT2D eigenvalue weighted by molar-refractivity contribution is 6.30. The van der Waals surface area contributed by atoms with Gasteiger partial charge in [0, 0.05) is 10.7 Å². The summed E-state index contributed by atoms with van der Waals surface area (Å²) < 4.78 is 6.43. The lowest BCUT2D eigenvalue weighted by Crippen LogP contribution is -2.02. The predicted octanol–water partition coefficient (Wildman–Crippen LogP) is 4.00. The van der Waals surface area contributed by atoms with E-state index >= 15 is 0 Å². The number of nitrogens with zero attached hydrogens (tertiary/aromatic N) is 4. The zero-order chi connectivity index (χ0) is 18.8. The maximum Gasteiger partial charge on any atom is 0.337 e. The molecule has 4 rings (SSSR count). The Bertz CT molecular complexity index is 1110. The van der Waals surface area contributed by atoms with Crippen LogP contribution >= 0.6 is 11.6 Å². The molecule has 1 N–H and O–H groups in total. The van der Waals surface area contributed by atoms with Gasteiger partial charge in [-0.05, 0) is 48.5 Å². The minimum absolute atomic E-state index is 0.379. The predicted molar refractivity (Wildman–Crippen MR) is 103 cm³/mol. The van der Waals surface area contributed by atoms with E-state index in [0.717, 1.165) is 16.8 Å². The molecule has 7 nitrogen and oxygen atoms in total. The van der Waals surface area contributed by atoms with Crippen LogP contribution in [0, 0.1) is 0 Å². The molecule has 0 aliphatic rings. The maximum atomic E-state index is 11.5. The first-order chi connectivity index (χ1) is 13.2. The molecular weight excluding hydrogens is 366 g/mol. The van der Waals surface area contributed by atoms with Gasteiger partial charge in [-0.1, -0.05) is 11.6 Å². The number of fused-ring (bicyclic) bond motifs is 1. The molecule has 0 atom stereocenters. The van der Waals surface area contributed by atoms with Crippen LogP contribution in [0.4, 0.5) is 11.5 Å². The number of rotatable bonds is 4. The SMILES string of the molecule is COC(=O)c1ccc(Nc2ncnc3c2cnn3-c2ccc(Cl)cc2)cc1. The zero-order valence-corrected chi connectivity index (χ0v) is 15.0. The number of hydrogen-bond acceptors (Lipinski definition) is 6. The highest BCUT2D eigenvalue weighted by Gasteiger charge is 2.12. The first-order valence-electron chi connectivity index (χ1n) is 8.06. The van der Waals surface area contributed by atoms with Crippen LogP contribution in [0.1, 0.15) is 10.4 Å². The lowest BCUT2D eigenvalue weighted by atomic mass is 10.2. The van der Waals surface area contributed by atoms with Gasteiger partial charge in [-0.3, -0.25) is 0 Å². The van der Waals surface area contributed by atoms with Crippen molar-refractivity contribution in [1.29, 1.82) is 0 Å². The molecule has 0 saturated carbocycles. The Kier molecular flexibility index (Phi) is 4.43. The maximum absolute atomic E-state index is 11.5. The van der Waals surface area contributed by atoms with Crippen LogP contribution in [-0.2, 0) is 4.74 Å². The minimum Gasteiger partial charge on any atom is -0.465 e. The van der Waals surface area contributed by atoms with Gasteiger partial charge in [0.25, 0.3) is 0 Å². The lowest BCUT2D eigenvalue weighted by Gasteiger charge is -2.08. The quantitative estimate of drug-likeness (QED) is 0.540. The monoisotopic (exact) mass is 379 g/mol. The Labute approximate surface area is 159 Å². The lowest BCUT2D eigenvalue weighted by molar-refractivity contribution is 0.0601. The third-order valence-corrected chi connectivity index (χ3v) is 4.26. The standard InChI is InChI=1S/C19H14ClN5O2/c1-27-19(26)12-2-6-14(7-3-12)24-17-16-10-23-25(18(16)22-11-21-17)15-8-4-13(20)5-9-15/h2-11H,1H3,(H,21,22,24). The van der Waals surface area contributed by atoms with E-state index in [4.69, 9.17) is 16.3 Å². The van der Waals surface area contributed by atoms with Crippen molar-refractivity contribution < 1.29 is 9.53 Å². The number of carbonyl (C=O) groups is 1. The highest BCUT2D eigenvalue weighted by Crippen LogP contribution is 2.25. The van der Waals surface area contributed by atoms with E-state index in [1.165, 1.54) is 13.4 Å². The highest BCUT2D eigenvalue weighted by atomic mass is 35.5. The number of nitrogens with one attached hydrogen (secondary N) is 1. The van der Waals surface area contributed by atoms with E-state index in [-0.39, 0.29) is 5.97 Å². The molecule has 0 saturated heterocycles. The fourth-order valence-electron chi connectivity index (χ4n) is 2.66. The van der Waals surface area contributed by atoms with Gasteiger partial charge in [-0.15, -0.1) is 0 Å². The molecule has 2 heterocycles. The van der Waals surface area contributed by atoms with E-state index < -0.39 is 0 Å². The van der Waals surface area contributed by atoms with Gasteiger partial charge in [0.15, 0.2) is 5.65 Å². The zero-order valence-electron chi connectivity index (χ0n) is 14.3. The molecule has 0 bridgehead atoms. The molecule has 0 radical (unpaired) electrons. The number of aromatic nitrogens is 4. The fourth-order valence-corrected chi connectivity index (χ4v) is 2.79. The smallest absolute Gasteiger partial charge is 0.337 e. The Morgan fingerprint density at radius 2 is 1.81 bits per heavy atom. The summed E-state index contributed by atoms with van der Waals surface area (Å²) in [4.78, 5) is 20.2. The first kappa shape index (κ1) is 17.0. The molecule has 0 aliphatic carbocycles. The van der Waals surface area contributed by atoms with Gasteiger partial charge in [-0.25, -0.2) is 19.4 Å². The Hall–Kier alpha value is -3.45. The van der Waals surface area contributed by atoms with E-state index in [2.05, 4.69) is 20.4 Å². The van der Waals surface area contributed by atoms with Gasteiger partial charge in [0.1, 0.15) is 12.1 Å². The summed E-state index contributed by atoms with van der Waals surface area (Å²) >= 11 is 5.95. The van der Waals surface area contributed by atoms with Crippen molar-refractivity contribution in [1.82, 2.24) is 19.7 Å². The molecule has 8 heteroatoms. The van der Waals surface area contributed by atoms with Crippen LogP contribution < -0.4 is 5.32 Å². The second kappa shape index (κ2) is 7.05. The summed E-state index contributed by atoms with van der Waals surface area (Å²) in [5.41, 5.74) is 2.77. The molecule has 2 aromatic carbocycles. The van der Waals surface area contributed by atoms with E-state index in [1.54, 1.807) is 47.3 Å². The molecule has 0 unspecified atom stereocenters. The van der Waals surface area contributed by atoms with Crippen molar-refractivity contribution in [3.05, 3.63) is 71.6 Å². The number of anilines is 2. The average molecular weight is 380 g/mol. The molecule has 2 aromatic heterocycles. The van der Waals surface area contributed by atoms with E-state index in [1.807, 2.05) is 12.1 Å². The summed E-state index contributed by atoms with van der Waals surface area (Å²) in [6.07, 6.45) is 3.18. The molecule has 0 fully saturated rings. The number of carbonyl (C=O) groups excluding carboxylic acids is 1. The second-order valence-corrected chi connectivity index (χ2v) is 6.12. The summed E-state index contributed by atoms with van der Waals surface area (Å²) in [6, 6.07) is 14.3. The number of hydrogen-bond donors (Lipinski definition) is 1. The van der Waals surface area contributed by atoms with E-state index in [9.17, 15) is 4.79 Å². The van der Waals surface area contributed by atoms with Crippen LogP contribution in [0.5, 0.6) is 0 Å². The van der Waals surface area contributed by atoms with Crippen molar-refractivity contribution in [2.45, 2.75) is 0 Å². The minimum atomic E-state index is -0.379. The summed E-state index contributed by atoms with van der Waals surface area (Å²) in [6.45, 7) is 0. The molecular formula is C19H14ClN5O2. The third-order valence-electron chi connectivity index (χ3n) is 4.01. The molecule has 4 aromatic rings. The van der Waals surface area contributed by atoms with Crippen molar-refractivity contribution >= 4 is 40.1 Å². The average Bonchev–Trinajstić information content (AvgIpc) is 3.14. The third kappa shape index (κ3) is 3.32. The van der Waals surface area contributed by atoms with Crippen molar-refractivity contribution in [2.75, 3.05) is 12.4 Å².